The Kier molecular flexibility index (Phi) is 5.95. The van der Waals surface area contributed by atoms with Crippen molar-refractivity contribution in [2.45, 2.75) is 44.2 Å². The van der Waals surface area contributed by atoms with Gasteiger partial charge in [-0.2, -0.15) is 0 Å². The first kappa shape index (κ1) is 21.5. The summed E-state index contributed by atoms with van der Waals surface area (Å²) in [6, 6.07) is 16.6. The summed E-state index contributed by atoms with van der Waals surface area (Å²) in [5, 5.41) is 9.38. The van der Waals surface area contributed by atoms with Crippen LogP contribution >= 0.6 is 15.9 Å². The topological polar surface area (TPSA) is 67.6 Å². The minimum Gasteiger partial charge on any atom is -0.465 e. The molecule has 0 spiro atoms. The van der Waals surface area contributed by atoms with E-state index in [2.05, 4.69) is 44.8 Å². The van der Waals surface area contributed by atoms with Crippen LogP contribution in [0.15, 0.2) is 53.0 Å². The third-order valence-corrected chi connectivity index (χ3v) is 7.41. The molecule has 3 aromatic rings. The van der Waals surface area contributed by atoms with Gasteiger partial charge < -0.3 is 19.3 Å². The Morgan fingerprint density at radius 2 is 1.91 bits per heavy atom. The van der Waals surface area contributed by atoms with Gasteiger partial charge in [0, 0.05) is 29.5 Å². The summed E-state index contributed by atoms with van der Waals surface area (Å²) in [5.74, 6) is 1.71. The van der Waals surface area contributed by atoms with Gasteiger partial charge in [0.1, 0.15) is 12.4 Å². The molecule has 0 bridgehead atoms. The van der Waals surface area contributed by atoms with Crippen molar-refractivity contribution >= 4 is 33.1 Å². The number of ether oxygens (including phenoxy) is 1. The van der Waals surface area contributed by atoms with E-state index in [9.17, 15) is 9.90 Å². The zero-order valence-corrected chi connectivity index (χ0v) is 19.6. The van der Waals surface area contributed by atoms with Gasteiger partial charge in [0.05, 0.1) is 17.6 Å². The van der Waals surface area contributed by atoms with Crippen LogP contribution in [-0.4, -0.2) is 45.3 Å². The molecule has 1 amide bonds. The first-order valence-electron chi connectivity index (χ1n) is 11.3. The number of imidazole rings is 1. The number of piperidine rings is 1. The molecule has 5 rings (SSSR count). The zero-order valence-electron chi connectivity index (χ0n) is 18.0. The molecule has 0 unspecified atom stereocenters. The van der Waals surface area contributed by atoms with E-state index in [4.69, 9.17) is 9.72 Å². The number of hydrogen-bond donors (Lipinski definition) is 1. The Hall–Kier alpha value is -2.38. The van der Waals surface area contributed by atoms with Gasteiger partial charge in [0.25, 0.3) is 0 Å². The van der Waals surface area contributed by atoms with Crippen molar-refractivity contribution in [1.82, 2.24) is 14.5 Å². The van der Waals surface area contributed by atoms with Crippen LogP contribution in [0.25, 0.3) is 11.0 Å². The van der Waals surface area contributed by atoms with E-state index in [1.807, 2.05) is 24.3 Å². The Morgan fingerprint density at radius 3 is 2.59 bits per heavy atom. The number of halogens is 1. The number of fused-ring (bicyclic) bond motifs is 1. The average molecular weight is 498 g/mol. The summed E-state index contributed by atoms with van der Waals surface area (Å²) in [6.45, 7) is 3.06. The number of likely N-dealkylation sites (tertiary alicyclic amines) is 1. The van der Waals surface area contributed by atoms with Gasteiger partial charge in [0.2, 0.25) is 0 Å². The highest BCUT2D eigenvalue weighted by Crippen LogP contribution is 2.37. The second kappa shape index (κ2) is 8.87. The van der Waals surface area contributed by atoms with Crippen molar-refractivity contribution in [1.29, 1.82) is 0 Å². The van der Waals surface area contributed by atoms with Crippen molar-refractivity contribution in [2.24, 2.45) is 5.92 Å². The molecule has 2 aromatic carbocycles. The summed E-state index contributed by atoms with van der Waals surface area (Å²) in [7, 11) is 0. The summed E-state index contributed by atoms with van der Waals surface area (Å²) >= 11 is 3.59. The van der Waals surface area contributed by atoms with E-state index in [1.54, 1.807) is 0 Å². The van der Waals surface area contributed by atoms with Gasteiger partial charge in [-0.3, -0.25) is 0 Å². The maximum Gasteiger partial charge on any atom is 0.407 e. The fourth-order valence-electron chi connectivity index (χ4n) is 4.79. The van der Waals surface area contributed by atoms with Crippen molar-refractivity contribution in [3.05, 3.63) is 64.4 Å². The molecular formula is C25H28BrN3O3. The second-order valence-electron chi connectivity index (χ2n) is 9.12. The number of aromatic nitrogens is 2. The van der Waals surface area contributed by atoms with Gasteiger partial charge in [-0.15, -0.1) is 0 Å². The van der Waals surface area contributed by atoms with E-state index in [1.165, 1.54) is 23.3 Å². The lowest BCUT2D eigenvalue weighted by Gasteiger charge is -2.41. The Morgan fingerprint density at radius 1 is 1.16 bits per heavy atom. The van der Waals surface area contributed by atoms with E-state index < -0.39 is 6.09 Å². The molecule has 1 saturated carbocycles. The minimum absolute atomic E-state index is 0.177. The third-order valence-electron chi connectivity index (χ3n) is 6.91. The van der Waals surface area contributed by atoms with Crippen LogP contribution in [0, 0.1) is 5.92 Å². The van der Waals surface area contributed by atoms with Crippen molar-refractivity contribution in [2.75, 3.05) is 19.7 Å². The van der Waals surface area contributed by atoms with Crippen LogP contribution in [0.1, 0.15) is 37.1 Å². The highest BCUT2D eigenvalue weighted by atomic mass is 79.9. The molecule has 168 valence electrons. The van der Waals surface area contributed by atoms with Gasteiger partial charge in [-0.1, -0.05) is 46.3 Å². The molecule has 1 aliphatic carbocycles. The number of carbonyl (C=O) groups is 1. The van der Waals surface area contributed by atoms with Gasteiger partial charge in [0.15, 0.2) is 0 Å². The van der Waals surface area contributed by atoms with E-state index in [-0.39, 0.29) is 5.41 Å². The smallest absolute Gasteiger partial charge is 0.407 e. The van der Waals surface area contributed by atoms with Crippen LogP contribution in [0.4, 0.5) is 4.79 Å². The number of amides is 1. The minimum atomic E-state index is -0.840. The summed E-state index contributed by atoms with van der Waals surface area (Å²) in [5.41, 5.74) is 3.20. The highest BCUT2D eigenvalue weighted by Gasteiger charge is 2.38. The predicted molar refractivity (Wildman–Crippen MR) is 127 cm³/mol. The quantitative estimate of drug-likeness (QED) is 0.471. The Balaban J connectivity index is 1.35. The van der Waals surface area contributed by atoms with Crippen LogP contribution in [0.3, 0.4) is 0 Å². The molecule has 32 heavy (non-hydrogen) atoms. The lowest BCUT2D eigenvalue weighted by atomic mass is 9.73. The fourth-order valence-corrected chi connectivity index (χ4v) is 5.14. The molecule has 1 N–H and O–H groups in total. The van der Waals surface area contributed by atoms with Crippen molar-refractivity contribution in [3.63, 3.8) is 0 Å². The third kappa shape index (κ3) is 4.41. The maximum absolute atomic E-state index is 11.4. The van der Waals surface area contributed by atoms with Crippen LogP contribution in [0.5, 0.6) is 0 Å². The van der Waals surface area contributed by atoms with Crippen LogP contribution in [0.2, 0.25) is 0 Å². The predicted octanol–water partition coefficient (Wildman–Crippen LogP) is 5.44. The van der Waals surface area contributed by atoms with Crippen LogP contribution in [-0.2, 0) is 23.3 Å². The van der Waals surface area contributed by atoms with E-state index in [0.29, 0.717) is 26.3 Å². The van der Waals surface area contributed by atoms with E-state index >= 15 is 0 Å². The lowest BCUT2D eigenvalue weighted by molar-refractivity contribution is 0.0334. The molecule has 0 atom stereocenters. The Bertz CT molecular complexity index is 1100. The molecule has 6 nitrogen and oxygen atoms in total. The summed E-state index contributed by atoms with van der Waals surface area (Å²) in [4.78, 5) is 17.8. The maximum atomic E-state index is 11.4. The first-order chi connectivity index (χ1) is 15.5. The van der Waals surface area contributed by atoms with Crippen LogP contribution < -0.4 is 0 Å². The summed E-state index contributed by atoms with van der Waals surface area (Å²) < 4.78 is 9.73. The number of rotatable bonds is 7. The first-order valence-corrected chi connectivity index (χ1v) is 12.1. The van der Waals surface area contributed by atoms with Crippen molar-refractivity contribution in [3.8, 4) is 0 Å². The number of hydrogen-bond acceptors (Lipinski definition) is 3. The SMILES string of the molecule is O=C(O)N1CCC(COCc2nc3ccc(Br)cc3n2CC2CC2)(c2ccccc2)CC1. The van der Waals surface area contributed by atoms with Crippen molar-refractivity contribution < 1.29 is 14.6 Å². The average Bonchev–Trinajstić information content (AvgIpc) is 3.57. The normalized spacial score (nSPS) is 18.2. The fraction of sp³-hybridized carbons (Fsp3) is 0.440. The molecule has 2 fully saturated rings. The zero-order chi connectivity index (χ0) is 22.1. The standard InChI is InChI=1S/C25H28BrN3O3/c26-20-8-9-21-22(14-20)29(15-18-6-7-18)23(27-21)16-32-17-25(19-4-2-1-3-5-19)10-12-28(13-11-25)24(30)31/h1-5,8-9,14,18H,6-7,10-13,15-17H2,(H,30,31). The molecule has 1 saturated heterocycles. The number of nitrogens with zero attached hydrogens (tertiary/aromatic N) is 3. The highest BCUT2D eigenvalue weighted by molar-refractivity contribution is 9.10. The molecule has 1 aliphatic heterocycles. The van der Waals surface area contributed by atoms with Gasteiger partial charge in [-0.05, 0) is 55.4 Å². The molecular weight excluding hydrogens is 470 g/mol. The lowest BCUT2D eigenvalue weighted by Crippen LogP contribution is -2.47. The van der Waals surface area contributed by atoms with Gasteiger partial charge in [-0.25, -0.2) is 9.78 Å². The molecule has 2 aliphatic rings. The molecule has 2 heterocycles. The Labute approximate surface area is 196 Å². The van der Waals surface area contributed by atoms with E-state index in [0.717, 1.165) is 46.6 Å². The molecule has 1 aromatic heterocycles. The molecule has 0 radical (unpaired) electrons. The number of benzene rings is 2. The monoisotopic (exact) mass is 497 g/mol. The van der Waals surface area contributed by atoms with Gasteiger partial charge >= 0.3 is 6.09 Å². The summed E-state index contributed by atoms with van der Waals surface area (Å²) in [6.07, 6.45) is 3.24. The second-order valence-corrected chi connectivity index (χ2v) is 10.0. The largest absolute Gasteiger partial charge is 0.465 e. The molecule has 7 heteroatoms. The number of carboxylic acid groups (broad SMARTS) is 1.